The van der Waals surface area contributed by atoms with Gasteiger partial charge in [0, 0.05) is 13.1 Å². The maximum atomic E-state index is 5.76. The van der Waals surface area contributed by atoms with Gasteiger partial charge >= 0.3 is 0 Å². The van der Waals surface area contributed by atoms with Crippen LogP contribution in [0.2, 0.25) is 0 Å². The van der Waals surface area contributed by atoms with Gasteiger partial charge in [0.1, 0.15) is 0 Å². The molecule has 1 saturated carbocycles. The first-order valence-corrected chi connectivity index (χ1v) is 6.08. The van der Waals surface area contributed by atoms with Crippen LogP contribution in [-0.4, -0.2) is 45.0 Å². The van der Waals surface area contributed by atoms with Crippen LogP contribution in [-0.2, 0) is 9.47 Å². The van der Waals surface area contributed by atoms with Crippen molar-refractivity contribution in [2.24, 2.45) is 16.6 Å². The SMILES string of the molecule is I.NC(=NCC1CCC1)NCC1COCCO1. The third-order valence-electron chi connectivity index (χ3n) is 3.14. The van der Waals surface area contributed by atoms with E-state index in [4.69, 9.17) is 15.2 Å². The van der Waals surface area contributed by atoms with Gasteiger partial charge in [0.05, 0.1) is 25.9 Å². The molecule has 0 aromatic rings. The van der Waals surface area contributed by atoms with Crippen molar-refractivity contribution in [3.63, 3.8) is 0 Å². The molecule has 0 aromatic heterocycles. The Balaban J connectivity index is 0.00000144. The van der Waals surface area contributed by atoms with E-state index < -0.39 is 0 Å². The Hall–Kier alpha value is -0.0800. The van der Waals surface area contributed by atoms with Crippen LogP contribution in [0, 0.1) is 5.92 Å². The molecular formula is C11H22IN3O2. The van der Waals surface area contributed by atoms with E-state index in [2.05, 4.69) is 10.3 Å². The number of hydrogen-bond acceptors (Lipinski definition) is 3. The first-order chi connectivity index (χ1) is 7.84. The second-order valence-corrected chi connectivity index (χ2v) is 4.47. The molecule has 5 nitrogen and oxygen atoms in total. The largest absolute Gasteiger partial charge is 0.376 e. The second-order valence-electron chi connectivity index (χ2n) is 4.47. The topological polar surface area (TPSA) is 68.9 Å². The van der Waals surface area contributed by atoms with Crippen molar-refractivity contribution in [3.8, 4) is 0 Å². The van der Waals surface area contributed by atoms with Crippen LogP contribution in [0.15, 0.2) is 4.99 Å². The van der Waals surface area contributed by atoms with Gasteiger partial charge in [0.15, 0.2) is 5.96 Å². The third-order valence-corrected chi connectivity index (χ3v) is 3.14. The molecule has 17 heavy (non-hydrogen) atoms. The lowest BCUT2D eigenvalue weighted by Gasteiger charge is -2.24. The summed E-state index contributed by atoms with van der Waals surface area (Å²) in [7, 11) is 0. The number of rotatable bonds is 4. The zero-order valence-corrected chi connectivity index (χ0v) is 12.4. The summed E-state index contributed by atoms with van der Waals surface area (Å²) in [6.07, 6.45) is 4.05. The summed E-state index contributed by atoms with van der Waals surface area (Å²) in [5.41, 5.74) is 5.76. The van der Waals surface area contributed by atoms with E-state index in [1.54, 1.807) is 0 Å². The summed E-state index contributed by atoms with van der Waals surface area (Å²) in [4.78, 5) is 4.32. The van der Waals surface area contributed by atoms with E-state index in [1.807, 2.05) is 0 Å². The summed E-state index contributed by atoms with van der Waals surface area (Å²) in [6.45, 7) is 3.55. The number of halogens is 1. The molecule has 0 aromatic carbocycles. The van der Waals surface area contributed by atoms with Crippen molar-refractivity contribution in [1.82, 2.24) is 5.32 Å². The van der Waals surface area contributed by atoms with Crippen LogP contribution in [0.4, 0.5) is 0 Å². The van der Waals surface area contributed by atoms with E-state index in [9.17, 15) is 0 Å². The van der Waals surface area contributed by atoms with Crippen LogP contribution in [0.25, 0.3) is 0 Å². The molecule has 6 heteroatoms. The van der Waals surface area contributed by atoms with E-state index in [-0.39, 0.29) is 30.1 Å². The molecule has 1 heterocycles. The minimum absolute atomic E-state index is 0. The number of hydrogen-bond donors (Lipinski definition) is 2. The van der Waals surface area contributed by atoms with Crippen molar-refractivity contribution in [2.75, 3.05) is 32.9 Å². The summed E-state index contributed by atoms with van der Waals surface area (Å²) in [5.74, 6) is 1.29. The van der Waals surface area contributed by atoms with Gasteiger partial charge in [-0.2, -0.15) is 0 Å². The molecule has 2 aliphatic rings. The van der Waals surface area contributed by atoms with Crippen LogP contribution in [0.3, 0.4) is 0 Å². The maximum absolute atomic E-state index is 5.76. The molecule has 2 rings (SSSR count). The van der Waals surface area contributed by atoms with Crippen molar-refractivity contribution in [1.29, 1.82) is 0 Å². The lowest BCUT2D eigenvalue weighted by molar-refractivity contribution is -0.0850. The van der Waals surface area contributed by atoms with E-state index >= 15 is 0 Å². The third kappa shape index (κ3) is 5.39. The Kier molecular flexibility index (Phi) is 7.14. The molecule has 0 amide bonds. The van der Waals surface area contributed by atoms with Crippen LogP contribution in [0.5, 0.6) is 0 Å². The van der Waals surface area contributed by atoms with Crippen LogP contribution >= 0.6 is 24.0 Å². The molecule has 1 aliphatic carbocycles. The Labute approximate surface area is 120 Å². The smallest absolute Gasteiger partial charge is 0.188 e. The fraction of sp³-hybridized carbons (Fsp3) is 0.909. The van der Waals surface area contributed by atoms with Crippen molar-refractivity contribution >= 4 is 29.9 Å². The van der Waals surface area contributed by atoms with Gasteiger partial charge in [0.25, 0.3) is 0 Å². The van der Waals surface area contributed by atoms with Gasteiger partial charge in [-0.25, -0.2) is 0 Å². The lowest BCUT2D eigenvalue weighted by Crippen LogP contribution is -2.42. The minimum Gasteiger partial charge on any atom is -0.376 e. The van der Waals surface area contributed by atoms with Crippen LogP contribution < -0.4 is 11.1 Å². The molecule has 1 aliphatic heterocycles. The molecular weight excluding hydrogens is 333 g/mol. The van der Waals surface area contributed by atoms with Gasteiger partial charge in [0.2, 0.25) is 0 Å². The highest BCUT2D eigenvalue weighted by Crippen LogP contribution is 2.26. The van der Waals surface area contributed by atoms with Gasteiger partial charge in [-0.05, 0) is 18.8 Å². The zero-order valence-electron chi connectivity index (χ0n) is 10.1. The number of aliphatic imine (C=N–C) groups is 1. The Morgan fingerprint density at radius 2 is 2.18 bits per heavy atom. The average molecular weight is 355 g/mol. The minimum atomic E-state index is 0. The van der Waals surface area contributed by atoms with Gasteiger partial charge in [-0.3, -0.25) is 4.99 Å². The van der Waals surface area contributed by atoms with Crippen molar-refractivity contribution < 1.29 is 9.47 Å². The van der Waals surface area contributed by atoms with Crippen molar-refractivity contribution in [2.45, 2.75) is 25.4 Å². The maximum Gasteiger partial charge on any atom is 0.188 e. The Morgan fingerprint density at radius 3 is 2.76 bits per heavy atom. The molecule has 0 spiro atoms. The standard InChI is InChI=1S/C11H21N3O2.HI/c12-11(13-6-9-2-1-3-9)14-7-10-8-15-4-5-16-10;/h9-10H,1-8H2,(H3,12,13,14);1H. The highest BCUT2D eigenvalue weighted by molar-refractivity contribution is 14.0. The number of guanidine groups is 1. The van der Waals surface area contributed by atoms with Crippen molar-refractivity contribution in [3.05, 3.63) is 0 Å². The summed E-state index contributed by atoms with van der Waals surface area (Å²) in [5, 5.41) is 3.08. The quantitative estimate of drug-likeness (QED) is 0.443. The molecule has 2 fully saturated rings. The van der Waals surface area contributed by atoms with Crippen LogP contribution in [0.1, 0.15) is 19.3 Å². The number of ether oxygens (including phenoxy) is 2. The molecule has 1 saturated heterocycles. The fourth-order valence-electron chi connectivity index (χ4n) is 1.83. The highest BCUT2D eigenvalue weighted by Gasteiger charge is 2.17. The van der Waals surface area contributed by atoms with E-state index in [0.717, 1.165) is 12.5 Å². The summed E-state index contributed by atoms with van der Waals surface area (Å²) >= 11 is 0. The second kappa shape index (κ2) is 8.10. The predicted octanol–water partition coefficient (Wildman–Crippen LogP) is 0.724. The predicted molar refractivity (Wildman–Crippen MR) is 77.8 cm³/mol. The highest BCUT2D eigenvalue weighted by atomic mass is 127. The first kappa shape index (κ1) is 15.0. The molecule has 1 atom stereocenters. The lowest BCUT2D eigenvalue weighted by atomic mass is 9.86. The summed E-state index contributed by atoms with van der Waals surface area (Å²) < 4.78 is 10.8. The molecule has 100 valence electrons. The fourth-order valence-corrected chi connectivity index (χ4v) is 1.83. The number of nitrogens with two attached hydrogens (primary N) is 1. The monoisotopic (exact) mass is 355 g/mol. The van der Waals surface area contributed by atoms with Gasteiger partial charge in [-0.15, -0.1) is 24.0 Å². The molecule has 0 bridgehead atoms. The molecule has 0 radical (unpaired) electrons. The summed E-state index contributed by atoms with van der Waals surface area (Å²) in [6, 6.07) is 0. The van der Waals surface area contributed by atoms with E-state index in [1.165, 1.54) is 19.3 Å². The average Bonchev–Trinajstić information content (AvgIpc) is 2.26. The molecule has 1 unspecified atom stereocenters. The Morgan fingerprint density at radius 1 is 1.35 bits per heavy atom. The Bertz CT molecular complexity index is 241. The van der Waals surface area contributed by atoms with Gasteiger partial charge in [-0.1, -0.05) is 6.42 Å². The normalized spacial score (nSPS) is 25.9. The number of nitrogens with one attached hydrogen (secondary N) is 1. The molecule has 3 N–H and O–H groups in total. The first-order valence-electron chi connectivity index (χ1n) is 6.08. The number of nitrogens with zero attached hydrogens (tertiary/aromatic N) is 1. The van der Waals surface area contributed by atoms with Gasteiger partial charge < -0.3 is 20.5 Å². The van der Waals surface area contributed by atoms with E-state index in [0.29, 0.717) is 32.3 Å². The zero-order chi connectivity index (χ0) is 11.2.